The van der Waals surface area contributed by atoms with Gasteiger partial charge in [0.2, 0.25) is 5.78 Å². The van der Waals surface area contributed by atoms with Gasteiger partial charge < -0.3 is 10.2 Å². The van der Waals surface area contributed by atoms with Crippen LogP contribution in [0, 0.1) is 0 Å². The molecule has 4 aromatic heterocycles. The third-order valence-corrected chi connectivity index (χ3v) is 6.22. The van der Waals surface area contributed by atoms with Crippen molar-refractivity contribution in [1.29, 1.82) is 0 Å². The normalized spacial score (nSPS) is 10.9. The van der Waals surface area contributed by atoms with Crippen LogP contribution in [-0.4, -0.2) is 45.4 Å². The summed E-state index contributed by atoms with van der Waals surface area (Å²) in [5.74, 6) is -0.339. The van der Waals surface area contributed by atoms with Crippen LogP contribution in [-0.2, 0) is 0 Å². The zero-order valence-electron chi connectivity index (χ0n) is 18.5. The SMILES string of the molecule is CN(C)c1ccc(-c2ccnc3c(C(=O)c4cccs4)cnn23)cc1NC(=O)c1ccncc1. The summed E-state index contributed by atoms with van der Waals surface area (Å²) < 4.78 is 1.65. The Morgan fingerprint density at radius 1 is 1.03 bits per heavy atom. The topological polar surface area (TPSA) is 92.5 Å². The molecule has 5 aromatic rings. The minimum atomic E-state index is -0.231. The largest absolute Gasteiger partial charge is 0.376 e. The monoisotopic (exact) mass is 468 g/mol. The maximum Gasteiger partial charge on any atom is 0.255 e. The van der Waals surface area contributed by atoms with E-state index in [-0.39, 0.29) is 11.7 Å². The molecule has 0 spiro atoms. The van der Waals surface area contributed by atoms with Crippen molar-refractivity contribution < 1.29 is 9.59 Å². The number of rotatable bonds is 6. The molecule has 0 saturated heterocycles. The minimum absolute atomic E-state index is 0.108. The van der Waals surface area contributed by atoms with Gasteiger partial charge in [-0.1, -0.05) is 12.1 Å². The van der Waals surface area contributed by atoms with Crippen molar-refractivity contribution in [2.45, 2.75) is 0 Å². The second-order valence-corrected chi connectivity index (χ2v) is 8.69. The van der Waals surface area contributed by atoms with Crippen LogP contribution in [0.4, 0.5) is 11.4 Å². The van der Waals surface area contributed by atoms with Crippen LogP contribution < -0.4 is 10.2 Å². The van der Waals surface area contributed by atoms with E-state index >= 15 is 0 Å². The fourth-order valence-corrected chi connectivity index (χ4v) is 4.37. The van der Waals surface area contributed by atoms with Gasteiger partial charge in [0.05, 0.1) is 33.7 Å². The number of pyridine rings is 1. The van der Waals surface area contributed by atoms with Gasteiger partial charge in [0.25, 0.3) is 5.91 Å². The van der Waals surface area contributed by atoms with E-state index in [4.69, 9.17) is 0 Å². The van der Waals surface area contributed by atoms with Crippen LogP contribution in [0.25, 0.3) is 16.9 Å². The lowest BCUT2D eigenvalue weighted by atomic mass is 10.1. The Morgan fingerprint density at radius 2 is 1.85 bits per heavy atom. The van der Waals surface area contributed by atoms with Crippen molar-refractivity contribution in [2.24, 2.45) is 0 Å². The van der Waals surface area contributed by atoms with Gasteiger partial charge in [0, 0.05) is 43.8 Å². The minimum Gasteiger partial charge on any atom is -0.376 e. The van der Waals surface area contributed by atoms with Gasteiger partial charge in [-0.15, -0.1) is 11.3 Å². The summed E-state index contributed by atoms with van der Waals surface area (Å²) in [6, 6.07) is 14.6. The average molecular weight is 469 g/mol. The van der Waals surface area contributed by atoms with Crippen LogP contribution in [0.15, 0.2) is 78.7 Å². The molecule has 0 aliphatic rings. The number of thiophene rings is 1. The molecule has 168 valence electrons. The number of aromatic nitrogens is 4. The van der Waals surface area contributed by atoms with Crippen molar-refractivity contribution in [1.82, 2.24) is 19.6 Å². The summed E-state index contributed by atoms with van der Waals surface area (Å²) in [5, 5.41) is 9.32. The first kappa shape index (κ1) is 21.5. The van der Waals surface area contributed by atoms with Crippen LogP contribution in [0.2, 0.25) is 0 Å². The van der Waals surface area contributed by atoms with Crippen LogP contribution in [0.3, 0.4) is 0 Å². The maximum absolute atomic E-state index is 12.9. The molecule has 4 heterocycles. The smallest absolute Gasteiger partial charge is 0.255 e. The molecule has 0 radical (unpaired) electrons. The zero-order valence-corrected chi connectivity index (χ0v) is 19.3. The molecule has 9 heteroatoms. The highest BCUT2D eigenvalue weighted by atomic mass is 32.1. The number of carbonyl (C=O) groups is 2. The molecule has 1 amide bonds. The van der Waals surface area contributed by atoms with Crippen molar-refractivity contribution in [3.8, 4) is 11.3 Å². The molecule has 0 atom stereocenters. The van der Waals surface area contributed by atoms with Crippen LogP contribution in [0.5, 0.6) is 0 Å². The molecule has 0 aliphatic carbocycles. The first-order valence-electron chi connectivity index (χ1n) is 10.5. The Hall–Kier alpha value is -4.37. The number of fused-ring (bicyclic) bond motifs is 1. The van der Waals surface area contributed by atoms with E-state index in [1.54, 1.807) is 47.5 Å². The fourth-order valence-electron chi connectivity index (χ4n) is 3.69. The van der Waals surface area contributed by atoms with Gasteiger partial charge in [-0.05, 0) is 41.8 Å². The number of hydrogen-bond acceptors (Lipinski definition) is 7. The summed E-state index contributed by atoms with van der Waals surface area (Å²) in [6.45, 7) is 0. The highest BCUT2D eigenvalue weighted by molar-refractivity contribution is 7.12. The van der Waals surface area contributed by atoms with Crippen molar-refractivity contribution in [3.63, 3.8) is 0 Å². The first-order valence-corrected chi connectivity index (χ1v) is 11.3. The van der Waals surface area contributed by atoms with Gasteiger partial charge in [-0.3, -0.25) is 14.6 Å². The molecule has 1 aromatic carbocycles. The quantitative estimate of drug-likeness (QED) is 0.371. The molecule has 0 bridgehead atoms. The predicted molar refractivity (Wildman–Crippen MR) is 133 cm³/mol. The van der Waals surface area contributed by atoms with E-state index in [9.17, 15) is 9.59 Å². The number of carbonyl (C=O) groups excluding carboxylic acids is 2. The molecule has 34 heavy (non-hydrogen) atoms. The summed E-state index contributed by atoms with van der Waals surface area (Å²) >= 11 is 1.39. The predicted octanol–water partition coefficient (Wildman–Crippen LogP) is 4.40. The number of ketones is 1. The molecular formula is C25H20N6O2S. The van der Waals surface area contributed by atoms with Gasteiger partial charge >= 0.3 is 0 Å². The maximum atomic E-state index is 12.9. The third kappa shape index (κ3) is 3.93. The van der Waals surface area contributed by atoms with Gasteiger partial charge in [0.1, 0.15) is 0 Å². The Balaban J connectivity index is 1.56. The highest BCUT2D eigenvalue weighted by Crippen LogP contribution is 2.31. The molecule has 8 nitrogen and oxygen atoms in total. The molecule has 0 fully saturated rings. The van der Waals surface area contributed by atoms with E-state index < -0.39 is 0 Å². The third-order valence-electron chi connectivity index (χ3n) is 5.36. The number of nitrogens with zero attached hydrogens (tertiary/aromatic N) is 5. The Labute approximate surface area is 199 Å². The summed E-state index contributed by atoms with van der Waals surface area (Å²) in [5.41, 5.74) is 4.51. The zero-order chi connectivity index (χ0) is 23.7. The number of amides is 1. The number of hydrogen-bond donors (Lipinski definition) is 1. The lowest BCUT2D eigenvalue weighted by Gasteiger charge is -2.19. The van der Waals surface area contributed by atoms with E-state index in [1.165, 1.54) is 11.3 Å². The van der Waals surface area contributed by atoms with Gasteiger partial charge in [-0.2, -0.15) is 5.10 Å². The average Bonchev–Trinajstić information content (AvgIpc) is 3.54. The fraction of sp³-hybridized carbons (Fsp3) is 0.0800. The number of anilines is 2. The van der Waals surface area contributed by atoms with Crippen LogP contribution in [0.1, 0.15) is 25.6 Å². The van der Waals surface area contributed by atoms with Crippen molar-refractivity contribution in [2.75, 3.05) is 24.3 Å². The molecule has 0 saturated carbocycles. The van der Waals surface area contributed by atoms with Crippen molar-refractivity contribution in [3.05, 3.63) is 94.7 Å². The molecule has 1 N–H and O–H groups in total. The second-order valence-electron chi connectivity index (χ2n) is 7.75. The lowest BCUT2D eigenvalue weighted by Crippen LogP contribution is -2.17. The first-order chi connectivity index (χ1) is 16.5. The van der Waals surface area contributed by atoms with E-state index in [1.807, 2.05) is 54.7 Å². The summed E-state index contributed by atoms with van der Waals surface area (Å²) in [6.07, 6.45) is 6.37. The van der Waals surface area contributed by atoms with E-state index in [2.05, 4.69) is 20.4 Å². The van der Waals surface area contributed by atoms with Crippen molar-refractivity contribution >= 4 is 40.0 Å². The van der Waals surface area contributed by atoms with Gasteiger partial charge in [-0.25, -0.2) is 9.50 Å². The summed E-state index contributed by atoms with van der Waals surface area (Å²) in [4.78, 5) is 36.7. The lowest BCUT2D eigenvalue weighted by molar-refractivity contribution is 0.102. The number of nitrogens with one attached hydrogen (secondary N) is 1. The van der Waals surface area contributed by atoms with E-state index in [0.29, 0.717) is 27.3 Å². The molecular weight excluding hydrogens is 448 g/mol. The molecule has 0 unspecified atom stereocenters. The Bertz CT molecular complexity index is 1490. The van der Waals surface area contributed by atoms with Gasteiger partial charge in [0.15, 0.2) is 5.65 Å². The molecule has 0 aliphatic heterocycles. The molecule has 5 rings (SSSR count). The standard InChI is InChI=1S/C25H20N6O2S/c1-30(2)21-6-5-17(14-19(21)29-25(33)16-7-10-26-11-8-16)20-9-12-27-24-18(15-28-31(20)24)23(32)22-4-3-13-34-22/h3-15H,1-2H3,(H,29,33). The van der Waals surface area contributed by atoms with E-state index in [0.717, 1.165) is 16.9 Å². The number of benzene rings is 1. The summed E-state index contributed by atoms with van der Waals surface area (Å²) in [7, 11) is 3.83. The highest BCUT2D eigenvalue weighted by Gasteiger charge is 2.19. The van der Waals surface area contributed by atoms with Crippen LogP contribution >= 0.6 is 11.3 Å². The Morgan fingerprint density at radius 3 is 2.59 bits per heavy atom. The second kappa shape index (κ2) is 8.87. The Kier molecular flexibility index (Phi) is 5.60.